The number of carbonyl (C=O) groups is 1. The van der Waals surface area contributed by atoms with E-state index in [0.29, 0.717) is 10.8 Å². The van der Waals surface area contributed by atoms with Crippen molar-refractivity contribution < 1.29 is 14.5 Å². The van der Waals surface area contributed by atoms with Crippen LogP contribution in [0, 0.1) is 10.1 Å². The second kappa shape index (κ2) is 9.15. The third-order valence-corrected chi connectivity index (χ3v) is 5.56. The fourth-order valence-electron chi connectivity index (χ4n) is 3.87. The predicted octanol–water partition coefficient (Wildman–Crippen LogP) is 3.32. The molecule has 2 atom stereocenters. The van der Waals surface area contributed by atoms with Crippen molar-refractivity contribution in [1.82, 2.24) is 19.8 Å². The standard InChI is InChI=1S/C22H21N5O4S/c1-2-31-19(28)14-26-21(20(24-22(26)32)17-9-3-4-11-23-17)18-10-6-12-25(18)15-7-5-8-16(13-15)27(29)30/h3-13,20-21H,2,14H2,1H3,(H,24,32)/t20-,21-/m1/s1. The van der Waals surface area contributed by atoms with Gasteiger partial charge >= 0.3 is 5.97 Å². The Morgan fingerprint density at radius 3 is 2.81 bits per heavy atom. The van der Waals surface area contributed by atoms with E-state index in [0.717, 1.165) is 11.4 Å². The first kappa shape index (κ1) is 21.4. The monoisotopic (exact) mass is 451 g/mol. The number of aromatic nitrogens is 2. The molecule has 3 heterocycles. The largest absolute Gasteiger partial charge is 0.465 e. The summed E-state index contributed by atoms with van der Waals surface area (Å²) in [6.45, 7) is 1.99. The number of ether oxygens (including phenoxy) is 1. The van der Waals surface area contributed by atoms with Crippen molar-refractivity contribution >= 4 is 29.0 Å². The Morgan fingerprint density at radius 2 is 2.09 bits per heavy atom. The molecule has 9 nitrogen and oxygen atoms in total. The average Bonchev–Trinajstić information content (AvgIpc) is 3.39. The lowest BCUT2D eigenvalue weighted by molar-refractivity contribution is -0.384. The Balaban J connectivity index is 1.79. The number of non-ortho nitro benzene ring substituents is 1. The van der Waals surface area contributed by atoms with Crippen LogP contribution in [0.15, 0.2) is 67.0 Å². The minimum atomic E-state index is -0.428. The maximum absolute atomic E-state index is 12.3. The van der Waals surface area contributed by atoms with Crippen molar-refractivity contribution in [2.45, 2.75) is 19.0 Å². The van der Waals surface area contributed by atoms with Crippen LogP contribution in [0.5, 0.6) is 0 Å². The molecule has 0 bridgehead atoms. The first-order valence-corrected chi connectivity index (χ1v) is 10.5. The summed E-state index contributed by atoms with van der Waals surface area (Å²) < 4.78 is 7.01. The third kappa shape index (κ3) is 4.17. The van der Waals surface area contributed by atoms with Gasteiger partial charge in [-0.25, -0.2) is 0 Å². The number of nitrogens with zero attached hydrogens (tertiary/aromatic N) is 4. The van der Waals surface area contributed by atoms with Crippen molar-refractivity contribution in [2.24, 2.45) is 0 Å². The minimum absolute atomic E-state index is 0.00752. The van der Waals surface area contributed by atoms with Crippen molar-refractivity contribution in [2.75, 3.05) is 13.2 Å². The zero-order valence-corrected chi connectivity index (χ0v) is 18.1. The minimum Gasteiger partial charge on any atom is -0.465 e. The van der Waals surface area contributed by atoms with E-state index in [2.05, 4.69) is 10.3 Å². The van der Waals surface area contributed by atoms with Crippen LogP contribution in [0.2, 0.25) is 0 Å². The quantitative estimate of drug-likeness (QED) is 0.253. The predicted molar refractivity (Wildman–Crippen MR) is 121 cm³/mol. The molecular formula is C22H21N5O4S. The number of rotatable bonds is 7. The fourth-order valence-corrected chi connectivity index (χ4v) is 4.17. The Labute approximate surface area is 189 Å². The number of nitro benzene ring substituents is 1. The molecule has 4 rings (SSSR count). The highest BCUT2D eigenvalue weighted by atomic mass is 32.1. The fraction of sp³-hybridized carbons (Fsp3) is 0.227. The zero-order chi connectivity index (χ0) is 22.7. The Morgan fingerprint density at radius 1 is 1.25 bits per heavy atom. The lowest BCUT2D eigenvalue weighted by Gasteiger charge is -2.28. The molecule has 1 aliphatic rings. The molecule has 1 fully saturated rings. The van der Waals surface area contributed by atoms with Gasteiger partial charge in [0, 0.05) is 30.2 Å². The Hall–Kier alpha value is -3.79. The van der Waals surface area contributed by atoms with Gasteiger partial charge in [0.25, 0.3) is 5.69 Å². The molecule has 2 aromatic heterocycles. The average molecular weight is 452 g/mol. The van der Waals surface area contributed by atoms with Crippen molar-refractivity contribution in [3.05, 3.63) is 88.5 Å². The van der Waals surface area contributed by atoms with Gasteiger partial charge < -0.3 is 19.5 Å². The summed E-state index contributed by atoms with van der Waals surface area (Å²) in [5, 5.41) is 15.0. The van der Waals surface area contributed by atoms with Crippen LogP contribution in [0.25, 0.3) is 5.69 Å². The topological polar surface area (TPSA) is 103 Å². The number of nitro groups is 1. The Kier molecular flexibility index (Phi) is 6.13. The van der Waals surface area contributed by atoms with Gasteiger partial charge in [-0.3, -0.25) is 19.9 Å². The number of benzene rings is 1. The van der Waals surface area contributed by atoms with Crippen LogP contribution in [0.1, 0.15) is 30.4 Å². The van der Waals surface area contributed by atoms with E-state index >= 15 is 0 Å². The van der Waals surface area contributed by atoms with E-state index in [-0.39, 0.29) is 24.9 Å². The van der Waals surface area contributed by atoms with E-state index in [1.54, 1.807) is 30.2 Å². The zero-order valence-electron chi connectivity index (χ0n) is 17.2. The molecule has 10 heteroatoms. The molecule has 0 radical (unpaired) electrons. The normalized spacial score (nSPS) is 17.8. The number of pyridine rings is 1. The number of hydrogen-bond donors (Lipinski definition) is 1. The van der Waals surface area contributed by atoms with E-state index in [1.807, 2.05) is 41.1 Å². The van der Waals surface area contributed by atoms with Crippen LogP contribution in [0.3, 0.4) is 0 Å². The highest BCUT2D eigenvalue weighted by Crippen LogP contribution is 2.39. The van der Waals surface area contributed by atoms with Gasteiger partial charge in [-0.2, -0.15) is 0 Å². The van der Waals surface area contributed by atoms with Crippen LogP contribution in [-0.4, -0.2) is 43.6 Å². The first-order chi connectivity index (χ1) is 15.5. The van der Waals surface area contributed by atoms with Crippen LogP contribution in [0.4, 0.5) is 5.69 Å². The smallest absolute Gasteiger partial charge is 0.325 e. The summed E-state index contributed by atoms with van der Waals surface area (Å²) in [6.07, 6.45) is 3.53. The Bertz CT molecular complexity index is 1150. The summed E-state index contributed by atoms with van der Waals surface area (Å²) in [5.41, 5.74) is 2.19. The number of esters is 1. The van der Waals surface area contributed by atoms with E-state index < -0.39 is 16.9 Å². The second-order valence-electron chi connectivity index (χ2n) is 7.14. The lowest BCUT2D eigenvalue weighted by Crippen LogP contribution is -2.36. The van der Waals surface area contributed by atoms with Gasteiger partial charge in [-0.15, -0.1) is 0 Å². The van der Waals surface area contributed by atoms with Crippen molar-refractivity contribution in [1.29, 1.82) is 0 Å². The summed E-state index contributed by atoms with van der Waals surface area (Å²) >= 11 is 5.57. The number of thiocarbonyl (C=S) groups is 1. The number of nitrogens with one attached hydrogen (secondary N) is 1. The molecule has 0 spiro atoms. The second-order valence-corrected chi connectivity index (χ2v) is 7.53. The third-order valence-electron chi connectivity index (χ3n) is 5.20. The molecule has 1 saturated heterocycles. The molecule has 3 aromatic rings. The lowest BCUT2D eigenvalue weighted by atomic mass is 10.0. The van der Waals surface area contributed by atoms with Gasteiger partial charge in [-0.1, -0.05) is 12.1 Å². The van der Waals surface area contributed by atoms with Crippen molar-refractivity contribution in [3.63, 3.8) is 0 Å². The molecular weight excluding hydrogens is 430 g/mol. The van der Waals surface area contributed by atoms with Gasteiger partial charge in [0.15, 0.2) is 5.11 Å². The molecule has 164 valence electrons. The first-order valence-electron chi connectivity index (χ1n) is 10.1. The van der Waals surface area contributed by atoms with Crippen LogP contribution in [-0.2, 0) is 9.53 Å². The molecule has 0 amide bonds. The highest BCUT2D eigenvalue weighted by Gasteiger charge is 2.42. The van der Waals surface area contributed by atoms with Gasteiger partial charge in [0.1, 0.15) is 6.54 Å². The van der Waals surface area contributed by atoms with Gasteiger partial charge in [0.05, 0.1) is 35.0 Å². The number of hydrogen-bond acceptors (Lipinski definition) is 6. The summed E-state index contributed by atoms with van der Waals surface area (Å²) in [5.74, 6) is -0.392. The SMILES string of the molecule is CCOC(=O)CN1C(=S)N[C@H](c2ccccn2)[C@H]1c1cccn1-c1cccc([N+](=O)[O-])c1. The van der Waals surface area contributed by atoms with Crippen LogP contribution >= 0.6 is 12.2 Å². The van der Waals surface area contributed by atoms with Crippen molar-refractivity contribution in [3.8, 4) is 5.69 Å². The highest BCUT2D eigenvalue weighted by molar-refractivity contribution is 7.80. The summed E-state index contributed by atoms with van der Waals surface area (Å²) in [6, 6.07) is 15.0. The van der Waals surface area contributed by atoms with E-state index in [4.69, 9.17) is 17.0 Å². The van der Waals surface area contributed by atoms with Gasteiger partial charge in [0.2, 0.25) is 0 Å². The molecule has 0 aliphatic carbocycles. The molecule has 1 aliphatic heterocycles. The molecule has 0 unspecified atom stereocenters. The summed E-state index contributed by atoms with van der Waals surface area (Å²) in [7, 11) is 0. The van der Waals surface area contributed by atoms with E-state index in [1.165, 1.54) is 12.1 Å². The van der Waals surface area contributed by atoms with Crippen LogP contribution < -0.4 is 5.32 Å². The molecule has 0 saturated carbocycles. The molecule has 32 heavy (non-hydrogen) atoms. The number of carbonyl (C=O) groups excluding carboxylic acids is 1. The summed E-state index contributed by atoms with van der Waals surface area (Å²) in [4.78, 5) is 29.4. The molecule has 1 aromatic carbocycles. The van der Waals surface area contributed by atoms with E-state index in [9.17, 15) is 14.9 Å². The maximum atomic E-state index is 12.3. The molecule has 1 N–H and O–H groups in total. The van der Waals surface area contributed by atoms with Gasteiger partial charge in [-0.05, 0) is 49.5 Å². The maximum Gasteiger partial charge on any atom is 0.325 e.